The summed E-state index contributed by atoms with van der Waals surface area (Å²) < 4.78 is 0. The average Bonchev–Trinajstić information content (AvgIpc) is 2.99. The van der Waals surface area contributed by atoms with Gasteiger partial charge in [-0.25, -0.2) is 4.99 Å². The fraction of sp³-hybridized carbons (Fsp3) is 0.375. The number of aryl methyl sites for hydroxylation is 1. The molecule has 2 N–H and O–H groups in total. The smallest absolute Gasteiger partial charge is 0.262 e. The van der Waals surface area contributed by atoms with Crippen molar-refractivity contribution in [3.63, 3.8) is 0 Å². The zero-order valence-corrected chi connectivity index (χ0v) is 14.1. The van der Waals surface area contributed by atoms with Crippen LogP contribution in [0.15, 0.2) is 28.6 Å². The van der Waals surface area contributed by atoms with E-state index in [1.807, 2.05) is 0 Å². The third-order valence-corrected chi connectivity index (χ3v) is 6.84. The van der Waals surface area contributed by atoms with Gasteiger partial charge in [-0.05, 0) is 54.8 Å². The molecule has 22 heavy (non-hydrogen) atoms. The van der Waals surface area contributed by atoms with E-state index in [1.165, 1.54) is 20.2 Å². The summed E-state index contributed by atoms with van der Waals surface area (Å²) in [6, 6.07) is 6.35. The van der Waals surface area contributed by atoms with Gasteiger partial charge in [-0.15, -0.1) is 22.7 Å². The van der Waals surface area contributed by atoms with Gasteiger partial charge in [0.2, 0.25) is 0 Å². The van der Waals surface area contributed by atoms with E-state index < -0.39 is 5.54 Å². The first kappa shape index (κ1) is 14.0. The number of nitrogens with two attached hydrogens (primary N) is 1. The largest absolute Gasteiger partial charge is 0.369 e. The molecule has 6 heteroatoms. The van der Waals surface area contributed by atoms with Crippen molar-refractivity contribution < 1.29 is 4.79 Å². The minimum atomic E-state index is -0.770. The van der Waals surface area contributed by atoms with Gasteiger partial charge in [0.1, 0.15) is 0 Å². The topological polar surface area (TPSA) is 58.7 Å². The molecule has 0 bridgehead atoms. The minimum absolute atomic E-state index is 0.0169. The van der Waals surface area contributed by atoms with E-state index >= 15 is 0 Å². The maximum absolute atomic E-state index is 12.8. The second-order valence-corrected chi connectivity index (χ2v) is 8.02. The van der Waals surface area contributed by atoms with Gasteiger partial charge >= 0.3 is 0 Å². The minimum Gasteiger partial charge on any atom is -0.369 e. The van der Waals surface area contributed by atoms with Crippen LogP contribution >= 0.6 is 22.7 Å². The van der Waals surface area contributed by atoms with E-state index in [2.05, 4.69) is 35.5 Å². The lowest BCUT2D eigenvalue weighted by Gasteiger charge is -2.23. The molecule has 4 nitrogen and oxygen atoms in total. The Hall–Kier alpha value is -1.66. The van der Waals surface area contributed by atoms with Crippen molar-refractivity contribution in [2.45, 2.75) is 25.3 Å². The fourth-order valence-electron chi connectivity index (χ4n) is 3.03. The van der Waals surface area contributed by atoms with E-state index in [1.54, 1.807) is 29.7 Å². The average molecular weight is 331 g/mol. The number of carbonyl (C=O) groups is 1. The second-order valence-electron chi connectivity index (χ2n) is 6.03. The third-order valence-electron chi connectivity index (χ3n) is 4.39. The van der Waals surface area contributed by atoms with Gasteiger partial charge in [0, 0.05) is 21.7 Å². The zero-order valence-electron chi connectivity index (χ0n) is 12.5. The molecule has 2 aromatic heterocycles. The van der Waals surface area contributed by atoms with Gasteiger partial charge < -0.3 is 5.73 Å². The van der Waals surface area contributed by atoms with E-state index in [4.69, 9.17) is 5.73 Å². The molecule has 2 aromatic rings. The molecule has 1 fully saturated rings. The summed E-state index contributed by atoms with van der Waals surface area (Å²) in [6.45, 7) is 2.10. The van der Waals surface area contributed by atoms with Crippen LogP contribution in [0.4, 0.5) is 0 Å². The number of aliphatic imine (C=N–C) groups is 1. The number of hydrogen-bond donors (Lipinski definition) is 1. The summed E-state index contributed by atoms with van der Waals surface area (Å²) in [5.74, 6) is 0.641. The molecule has 0 saturated heterocycles. The molecule has 0 aromatic carbocycles. The highest BCUT2D eigenvalue weighted by atomic mass is 32.1. The van der Waals surface area contributed by atoms with Crippen LogP contribution in [0.25, 0.3) is 9.75 Å². The molecule has 1 atom stereocenters. The van der Waals surface area contributed by atoms with Gasteiger partial charge in [-0.2, -0.15) is 0 Å². The first-order valence-corrected chi connectivity index (χ1v) is 9.01. The first-order chi connectivity index (χ1) is 10.5. The number of guanidine groups is 1. The summed E-state index contributed by atoms with van der Waals surface area (Å²) in [7, 11) is 1.71. The molecule has 1 amide bonds. The van der Waals surface area contributed by atoms with Crippen LogP contribution in [0.3, 0.4) is 0 Å². The summed E-state index contributed by atoms with van der Waals surface area (Å²) in [5.41, 5.74) is 6.43. The summed E-state index contributed by atoms with van der Waals surface area (Å²) >= 11 is 3.41. The summed E-state index contributed by atoms with van der Waals surface area (Å²) in [6.07, 6.45) is 2.09. The van der Waals surface area contributed by atoms with Gasteiger partial charge in [-0.3, -0.25) is 9.69 Å². The van der Waals surface area contributed by atoms with Crippen LogP contribution in [0.2, 0.25) is 0 Å². The van der Waals surface area contributed by atoms with Crippen LogP contribution in [0, 0.1) is 12.8 Å². The van der Waals surface area contributed by atoms with Crippen molar-refractivity contribution >= 4 is 34.5 Å². The Morgan fingerprint density at radius 2 is 2.14 bits per heavy atom. The van der Waals surface area contributed by atoms with Crippen LogP contribution in [-0.2, 0) is 10.3 Å². The quantitative estimate of drug-likeness (QED) is 0.939. The number of rotatable bonds is 3. The van der Waals surface area contributed by atoms with E-state index in [0.717, 1.165) is 17.7 Å². The number of likely N-dealkylation sites (N-methyl/N-ethyl adjacent to an activating group) is 1. The van der Waals surface area contributed by atoms with Crippen LogP contribution < -0.4 is 5.73 Å². The third kappa shape index (κ3) is 1.87. The molecule has 114 valence electrons. The number of carbonyl (C=O) groups excluding carboxylic acids is 1. The molecular formula is C16H17N3OS2. The SMILES string of the molecule is Cc1csc(-c2ccc(C3(C4CC4)N=C(N)N(C)C3=O)s2)c1. The molecule has 4 rings (SSSR count). The molecule has 2 aliphatic rings. The van der Waals surface area contributed by atoms with Gasteiger partial charge in [0.25, 0.3) is 5.91 Å². The standard InChI is InChI=1S/C16H17N3OS2/c1-9-7-12(21-8-9)11-5-6-13(22-11)16(10-3-4-10)14(20)19(2)15(17)18-16/h5-8,10H,3-4H2,1-2H3,(H2,17,18). The van der Waals surface area contributed by atoms with Crippen LogP contribution in [0.1, 0.15) is 23.3 Å². The molecule has 1 aliphatic heterocycles. The van der Waals surface area contributed by atoms with E-state index in [9.17, 15) is 4.79 Å². The van der Waals surface area contributed by atoms with Crippen LogP contribution in [-0.4, -0.2) is 23.8 Å². The number of thiophene rings is 2. The van der Waals surface area contributed by atoms with Gasteiger partial charge in [0.15, 0.2) is 11.5 Å². The Bertz CT molecular complexity index is 787. The van der Waals surface area contributed by atoms with Gasteiger partial charge in [-0.1, -0.05) is 0 Å². The predicted octanol–water partition coefficient (Wildman–Crippen LogP) is 3.18. The van der Waals surface area contributed by atoms with E-state index in [0.29, 0.717) is 11.9 Å². The molecule has 0 spiro atoms. The number of nitrogens with zero attached hydrogens (tertiary/aromatic N) is 2. The highest BCUT2D eigenvalue weighted by molar-refractivity contribution is 7.21. The predicted molar refractivity (Wildman–Crippen MR) is 91.2 cm³/mol. The van der Waals surface area contributed by atoms with Crippen molar-refractivity contribution in [2.75, 3.05) is 7.05 Å². The van der Waals surface area contributed by atoms with Crippen molar-refractivity contribution in [3.8, 4) is 9.75 Å². The van der Waals surface area contributed by atoms with Gasteiger partial charge in [0.05, 0.1) is 0 Å². The number of amides is 1. The van der Waals surface area contributed by atoms with Crippen LogP contribution in [0.5, 0.6) is 0 Å². The second kappa shape index (κ2) is 4.67. The van der Waals surface area contributed by atoms with Crippen molar-refractivity contribution in [1.29, 1.82) is 0 Å². The monoisotopic (exact) mass is 331 g/mol. The van der Waals surface area contributed by atoms with Crippen molar-refractivity contribution in [2.24, 2.45) is 16.6 Å². The Morgan fingerprint density at radius 3 is 2.68 bits per heavy atom. The molecule has 1 saturated carbocycles. The molecular weight excluding hydrogens is 314 g/mol. The lowest BCUT2D eigenvalue weighted by molar-refractivity contribution is -0.131. The van der Waals surface area contributed by atoms with Crippen molar-refractivity contribution in [3.05, 3.63) is 34.0 Å². The highest BCUT2D eigenvalue weighted by Crippen LogP contribution is 2.53. The number of hydrogen-bond acceptors (Lipinski definition) is 5. The maximum Gasteiger partial charge on any atom is 0.262 e. The van der Waals surface area contributed by atoms with E-state index in [-0.39, 0.29) is 5.91 Å². The zero-order chi connectivity index (χ0) is 15.5. The summed E-state index contributed by atoms with van der Waals surface area (Å²) in [5, 5.41) is 2.15. The highest BCUT2D eigenvalue weighted by Gasteiger charge is 2.58. The molecule has 1 unspecified atom stereocenters. The molecule has 1 aliphatic carbocycles. The normalized spacial score (nSPS) is 24.9. The lowest BCUT2D eigenvalue weighted by atomic mass is 9.91. The first-order valence-electron chi connectivity index (χ1n) is 7.31. The molecule has 3 heterocycles. The Kier molecular flexibility index (Phi) is 2.96. The Morgan fingerprint density at radius 1 is 1.36 bits per heavy atom. The Labute approximate surface area is 137 Å². The molecule has 0 radical (unpaired) electrons. The Balaban J connectivity index is 1.80. The fourth-order valence-corrected chi connectivity index (χ4v) is 5.24. The maximum atomic E-state index is 12.8. The van der Waals surface area contributed by atoms with Crippen molar-refractivity contribution in [1.82, 2.24) is 4.90 Å². The lowest BCUT2D eigenvalue weighted by Crippen LogP contribution is -2.41. The summed E-state index contributed by atoms with van der Waals surface area (Å²) in [4.78, 5) is 22.4.